The molecule has 1 heterocycles. The number of hydrogen-bond acceptors (Lipinski definition) is 3. The number of hydrogen-bond donors (Lipinski definition) is 0. The summed E-state index contributed by atoms with van der Waals surface area (Å²) in [5.74, 6) is 0. The normalized spacial score (nSPS) is 25.0. The van der Waals surface area contributed by atoms with Crippen LogP contribution in [0.3, 0.4) is 0 Å². The topological polar surface area (TPSA) is 22.1 Å². The fourth-order valence-corrected chi connectivity index (χ4v) is 3.29. The molecule has 0 amide bonds. The first-order valence-electron chi connectivity index (χ1n) is 6.74. The van der Waals surface area contributed by atoms with Crippen LogP contribution in [0.2, 0.25) is 0 Å². The van der Waals surface area contributed by atoms with Crippen molar-refractivity contribution in [2.24, 2.45) is 0 Å². The summed E-state index contributed by atoms with van der Waals surface area (Å²) in [4.78, 5) is 3.39. The fraction of sp³-hybridized carbons (Fsp3) is 0.400. The van der Waals surface area contributed by atoms with Crippen LogP contribution in [0.4, 0.5) is 17.6 Å². The number of alkyl halides is 4. The summed E-state index contributed by atoms with van der Waals surface area (Å²) in [5, 5.41) is 0.744. The van der Waals surface area contributed by atoms with Gasteiger partial charge >= 0.3 is 6.18 Å². The van der Waals surface area contributed by atoms with E-state index < -0.39 is 17.5 Å². The van der Waals surface area contributed by atoms with Gasteiger partial charge in [-0.1, -0.05) is 30.3 Å². The van der Waals surface area contributed by atoms with Gasteiger partial charge in [0, 0.05) is 18.2 Å². The van der Waals surface area contributed by atoms with E-state index in [2.05, 4.69) is 4.98 Å². The maximum absolute atomic E-state index is 14.5. The molecule has 1 aromatic carbocycles. The number of aromatic nitrogens is 1. The van der Waals surface area contributed by atoms with Gasteiger partial charge in [-0.3, -0.25) is 0 Å². The van der Waals surface area contributed by atoms with Crippen molar-refractivity contribution in [1.29, 1.82) is 0 Å². The molecule has 0 saturated heterocycles. The van der Waals surface area contributed by atoms with Crippen LogP contribution in [0.5, 0.6) is 0 Å². The number of thiazole rings is 1. The number of nitrogens with zero attached hydrogens (tertiary/aromatic N) is 1. The Morgan fingerprint density at radius 1 is 1.23 bits per heavy atom. The lowest BCUT2D eigenvalue weighted by molar-refractivity contribution is -0.141. The SMILES string of the molecule is FC(F)(F)c1csc([C@]2(F)C[C@H](OCc3ccccc3)C2)n1. The average molecular weight is 331 g/mol. The van der Waals surface area contributed by atoms with Crippen molar-refractivity contribution in [3.63, 3.8) is 0 Å². The Morgan fingerprint density at radius 2 is 1.91 bits per heavy atom. The molecule has 0 atom stereocenters. The highest BCUT2D eigenvalue weighted by molar-refractivity contribution is 7.09. The molecular formula is C15H13F4NOS. The van der Waals surface area contributed by atoms with Gasteiger partial charge in [0.25, 0.3) is 0 Å². The van der Waals surface area contributed by atoms with E-state index in [0.29, 0.717) is 17.9 Å². The van der Waals surface area contributed by atoms with Gasteiger partial charge in [-0.15, -0.1) is 11.3 Å². The van der Waals surface area contributed by atoms with Crippen LogP contribution in [0, 0.1) is 0 Å². The lowest BCUT2D eigenvalue weighted by Gasteiger charge is -2.39. The predicted molar refractivity (Wildman–Crippen MR) is 74.2 cm³/mol. The molecule has 0 bridgehead atoms. The first-order valence-corrected chi connectivity index (χ1v) is 7.62. The summed E-state index contributed by atoms with van der Waals surface area (Å²) < 4.78 is 57.6. The van der Waals surface area contributed by atoms with Gasteiger partial charge in [-0.2, -0.15) is 13.2 Å². The molecule has 1 aromatic heterocycles. The predicted octanol–water partition coefficient (Wildman–Crippen LogP) is 4.71. The van der Waals surface area contributed by atoms with Crippen LogP contribution < -0.4 is 0 Å². The molecule has 0 aliphatic heterocycles. The molecule has 118 valence electrons. The van der Waals surface area contributed by atoms with E-state index in [1.807, 2.05) is 30.3 Å². The maximum Gasteiger partial charge on any atom is 0.434 e. The van der Waals surface area contributed by atoms with Crippen LogP contribution in [0.15, 0.2) is 35.7 Å². The minimum absolute atomic E-state index is 0.0463. The van der Waals surface area contributed by atoms with Crippen LogP contribution >= 0.6 is 11.3 Å². The molecule has 7 heteroatoms. The van der Waals surface area contributed by atoms with E-state index in [1.54, 1.807) is 0 Å². The Labute approximate surface area is 128 Å². The number of rotatable bonds is 4. The van der Waals surface area contributed by atoms with Crippen molar-refractivity contribution in [3.05, 3.63) is 52.0 Å². The smallest absolute Gasteiger partial charge is 0.373 e. The zero-order chi connectivity index (χ0) is 15.8. The molecule has 0 radical (unpaired) electrons. The first-order chi connectivity index (χ1) is 10.4. The molecule has 2 nitrogen and oxygen atoms in total. The highest BCUT2D eigenvalue weighted by Gasteiger charge is 2.50. The monoisotopic (exact) mass is 331 g/mol. The van der Waals surface area contributed by atoms with Crippen molar-refractivity contribution in [1.82, 2.24) is 4.98 Å². The van der Waals surface area contributed by atoms with E-state index in [9.17, 15) is 17.6 Å². The lowest BCUT2D eigenvalue weighted by atomic mass is 9.79. The quantitative estimate of drug-likeness (QED) is 0.757. The van der Waals surface area contributed by atoms with E-state index in [0.717, 1.165) is 10.9 Å². The zero-order valence-electron chi connectivity index (χ0n) is 11.4. The molecule has 1 fully saturated rings. The minimum Gasteiger partial charge on any atom is -0.373 e. The Bertz CT molecular complexity index is 634. The van der Waals surface area contributed by atoms with Crippen LogP contribution in [-0.4, -0.2) is 11.1 Å². The summed E-state index contributed by atoms with van der Waals surface area (Å²) in [6, 6.07) is 9.45. The second kappa shape index (κ2) is 5.62. The van der Waals surface area contributed by atoms with Crippen molar-refractivity contribution in [3.8, 4) is 0 Å². The number of benzene rings is 1. The van der Waals surface area contributed by atoms with Crippen LogP contribution in [0.1, 0.15) is 29.1 Å². The maximum atomic E-state index is 14.5. The first kappa shape index (κ1) is 15.4. The summed E-state index contributed by atoms with van der Waals surface area (Å²) in [7, 11) is 0. The third kappa shape index (κ3) is 3.15. The second-order valence-electron chi connectivity index (χ2n) is 5.33. The highest BCUT2D eigenvalue weighted by atomic mass is 32.1. The zero-order valence-corrected chi connectivity index (χ0v) is 12.3. The lowest BCUT2D eigenvalue weighted by Crippen LogP contribution is -2.42. The van der Waals surface area contributed by atoms with Gasteiger partial charge in [-0.25, -0.2) is 9.37 Å². The van der Waals surface area contributed by atoms with Crippen molar-refractivity contribution >= 4 is 11.3 Å². The Morgan fingerprint density at radius 3 is 2.50 bits per heavy atom. The fourth-order valence-electron chi connectivity index (χ4n) is 2.35. The molecule has 0 N–H and O–H groups in total. The van der Waals surface area contributed by atoms with E-state index in [1.165, 1.54) is 0 Å². The van der Waals surface area contributed by atoms with Gasteiger partial charge in [0.05, 0.1) is 12.7 Å². The van der Waals surface area contributed by atoms with Gasteiger partial charge in [0.1, 0.15) is 5.01 Å². The molecule has 0 unspecified atom stereocenters. The molecule has 1 aliphatic rings. The third-order valence-electron chi connectivity index (χ3n) is 3.61. The van der Waals surface area contributed by atoms with Gasteiger partial charge in [0.2, 0.25) is 0 Å². The van der Waals surface area contributed by atoms with E-state index >= 15 is 0 Å². The summed E-state index contributed by atoms with van der Waals surface area (Å²) in [6.07, 6.45) is -4.73. The van der Waals surface area contributed by atoms with Gasteiger partial charge in [0.15, 0.2) is 11.4 Å². The van der Waals surface area contributed by atoms with Crippen molar-refractivity contribution in [2.75, 3.05) is 0 Å². The molecule has 0 spiro atoms. The summed E-state index contributed by atoms with van der Waals surface area (Å²) in [5.41, 5.74) is -1.85. The van der Waals surface area contributed by atoms with E-state index in [-0.39, 0.29) is 24.0 Å². The molecule has 2 aromatic rings. The Hall–Kier alpha value is -1.47. The van der Waals surface area contributed by atoms with Crippen molar-refractivity contribution < 1.29 is 22.3 Å². The Kier molecular flexibility index (Phi) is 3.94. The Balaban J connectivity index is 1.56. The third-order valence-corrected chi connectivity index (χ3v) is 4.63. The van der Waals surface area contributed by atoms with Crippen molar-refractivity contribution in [2.45, 2.75) is 37.4 Å². The standard InChI is InChI=1S/C15H13F4NOS/c16-14(13-20-12(9-22-13)15(17,18)19)6-11(7-14)21-8-10-4-2-1-3-5-10/h1-5,9,11H,6-8H2/t11-,14-. The molecule has 3 rings (SSSR count). The van der Waals surface area contributed by atoms with Gasteiger partial charge in [-0.05, 0) is 5.56 Å². The van der Waals surface area contributed by atoms with Crippen LogP contribution in [0.25, 0.3) is 0 Å². The van der Waals surface area contributed by atoms with Gasteiger partial charge < -0.3 is 4.74 Å². The average Bonchev–Trinajstić information content (AvgIpc) is 2.93. The molecular weight excluding hydrogens is 318 g/mol. The second-order valence-corrected chi connectivity index (χ2v) is 6.19. The minimum atomic E-state index is -4.53. The number of ether oxygens (including phenoxy) is 1. The highest BCUT2D eigenvalue weighted by Crippen LogP contribution is 2.48. The molecule has 22 heavy (non-hydrogen) atoms. The molecule has 1 saturated carbocycles. The molecule has 1 aliphatic carbocycles. The largest absolute Gasteiger partial charge is 0.434 e. The van der Waals surface area contributed by atoms with Crippen LogP contribution in [-0.2, 0) is 23.2 Å². The van der Waals surface area contributed by atoms with E-state index in [4.69, 9.17) is 4.74 Å². The number of halogens is 4. The summed E-state index contributed by atoms with van der Waals surface area (Å²) in [6.45, 7) is 0.368. The summed E-state index contributed by atoms with van der Waals surface area (Å²) >= 11 is 0.714.